The maximum Gasteiger partial charge on any atom is 0.270 e. The van der Waals surface area contributed by atoms with E-state index in [-0.39, 0.29) is 22.6 Å². The van der Waals surface area contributed by atoms with Crippen LogP contribution in [0.5, 0.6) is 0 Å². The van der Waals surface area contributed by atoms with Gasteiger partial charge in [-0.15, -0.1) is 0 Å². The Morgan fingerprint density at radius 2 is 1.94 bits per heavy atom. The molecule has 2 aliphatic rings. The molecule has 3 N–H and O–H groups in total. The monoisotopic (exact) mass is 450 g/mol. The zero-order valence-corrected chi connectivity index (χ0v) is 18.8. The minimum absolute atomic E-state index is 0.0677. The summed E-state index contributed by atoms with van der Waals surface area (Å²) in [7, 11) is 0. The van der Waals surface area contributed by atoms with Crippen molar-refractivity contribution in [3.63, 3.8) is 0 Å². The number of carbonyl (C=O) groups excluding carboxylic acids is 2. The van der Waals surface area contributed by atoms with Crippen LogP contribution in [0.15, 0.2) is 63.5 Å². The molecule has 7 nitrogen and oxygen atoms in total. The van der Waals surface area contributed by atoms with Crippen LogP contribution in [0.1, 0.15) is 54.5 Å². The molecule has 1 aliphatic heterocycles. The molecule has 4 rings (SSSR count). The summed E-state index contributed by atoms with van der Waals surface area (Å²) in [5.74, 6) is -0.0291. The second-order valence-corrected chi connectivity index (χ2v) is 9.31. The fourth-order valence-corrected chi connectivity index (χ4v) is 4.42. The van der Waals surface area contributed by atoms with E-state index in [2.05, 4.69) is 11.5 Å². The highest BCUT2D eigenvalue weighted by molar-refractivity contribution is 6.30. The van der Waals surface area contributed by atoms with Gasteiger partial charge in [0.1, 0.15) is 17.3 Å². The maximum atomic E-state index is 13.3. The van der Waals surface area contributed by atoms with Gasteiger partial charge in [-0.2, -0.15) is 5.26 Å². The zero-order valence-electron chi connectivity index (χ0n) is 18.0. The van der Waals surface area contributed by atoms with Gasteiger partial charge < -0.3 is 10.2 Å². The van der Waals surface area contributed by atoms with Crippen molar-refractivity contribution in [3.8, 4) is 6.07 Å². The molecule has 1 amide bonds. The lowest BCUT2D eigenvalue weighted by molar-refractivity contribution is -0.118. The van der Waals surface area contributed by atoms with Gasteiger partial charge in [0.05, 0.1) is 23.3 Å². The van der Waals surface area contributed by atoms with E-state index in [1.54, 1.807) is 43.3 Å². The number of halogens is 1. The van der Waals surface area contributed by atoms with Gasteiger partial charge in [0.25, 0.3) is 5.91 Å². The van der Waals surface area contributed by atoms with Gasteiger partial charge in [0.2, 0.25) is 0 Å². The quantitative estimate of drug-likeness (QED) is 0.719. The smallest absolute Gasteiger partial charge is 0.270 e. The molecule has 2 heterocycles. The predicted molar refractivity (Wildman–Crippen MR) is 119 cm³/mol. The third kappa shape index (κ3) is 3.78. The van der Waals surface area contributed by atoms with Crippen molar-refractivity contribution in [2.75, 3.05) is 0 Å². The molecule has 0 fully saturated rings. The molecule has 1 unspecified atom stereocenters. The maximum absolute atomic E-state index is 13.3. The Kier molecular flexibility index (Phi) is 5.35. The van der Waals surface area contributed by atoms with Crippen LogP contribution in [-0.4, -0.2) is 16.7 Å². The summed E-state index contributed by atoms with van der Waals surface area (Å²) in [5.41, 5.74) is 10.4. The average molecular weight is 451 g/mol. The van der Waals surface area contributed by atoms with Gasteiger partial charge in [0.15, 0.2) is 5.78 Å². The predicted octanol–water partition coefficient (Wildman–Crippen LogP) is 4.32. The van der Waals surface area contributed by atoms with Crippen LogP contribution in [0.25, 0.3) is 0 Å². The van der Waals surface area contributed by atoms with E-state index < -0.39 is 11.8 Å². The molecule has 0 saturated heterocycles. The van der Waals surface area contributed by atoms with Gasteiger partial charge in [-0.25, -0.2) is 5.01 Å². The Balaban J connectivity index is 1.84. The number of hydrazine groups is 1. The minimum atomic E-state index is -0.712. The highest BCUT2D eigenvalue weighted by Gasteiger charge is 2.45. The Morgan fingerprint density at radius 1 is 1.25 bits per heavy atom. The number of ketones is 1. The van der Waals surface area contributed by atoms with Crippen molar-refractivity contribution >= 4 is 23.3 Å². The van der Waals surface area contributed by atoms with Crippen LogP contribution in [0.3, 0.4) is 0 Å². The number of nitrogens with one attached hydrogen (secondary N) is 1. The fourth-order valence-electron chi connectivity index (χ4n) is 4.30. The summed E-state index contributed by atoms with van der Waals surface area (Å²) in [4.78, 5) is 26.3. The molecule has 1 aromatic heterocycles. The van der Waals surface area contributed by atoms with Crippen LogP contribution in [0.4, 0.5) is 0 Å². The van der Waals surface area contributed by atoms with Crippen molar-refractivity contribution < 1.29 is 14.0 Å². The first-order chi connectivity index (χ1) is 15.1. The number of hydrogen-bond donors (Lipinski definition) is 2. The number of nitriles is 1. The third-order valence-electron chi connectivity index (χ3n) is 5.75. The molecule has 1 aliphatic carbocycles. The topological polar surface area (TPSA) is 112 Å². The van der Waals surface area contributed by atoms with Gasteiger partial charge in [-0.05, 0) is 55.2 Å². The number of furan rings is 1. The SMILES string of the molecule is Cc1ccc(C2C(C#N)=C(N)N(NC(=O)c3ccc(Cl)cc3)C3=C2C(=O)CC(C)(C)C3)o1. The Bertz CT molecular complexity index is 1210. The molecule has 1 atom stereocenters. The summed E-state index contributed by atoms with van der Waals surface area (Å²) in [6, 6.07) is 12.1. The summed E-state index contributed by atoms with van der Waals surface area (Å²) in [5, 5.41) is 11.9. The number of benzene rings is 1. The number of allylic oxidation sites excluding steroid dienone is 3. The molecular weight excluding hydrogens is 428 g/mol. The van der Waals surface area contributed by atoms with E-state index in [1.807, 2.05) is 13.8 Å². The Labute approximate surface area is 191 Å². The van der Waals surface area contributed by atoms with Gasteiger partial charge >= 0.3 is 0 Å². The van der Waals surface area contributed by atoms with Gasteiger partial charge in [-0.3, -0.25) is 15.0 Å². The Morgan fingerprint density at radius 3 is 2.53 bits per heavy atom. The molecule has 8 heteroatoms. The van der Waals surface area contributed by atoms with Crippen molar-refractivity contribution in [2.24, 2.45) is 11.1 Å². The summed E-state index contributed by atoms with van der Waals surface area (Å²) < 4.78 is 5.80. The molecular formula is C24H23ClN4O3. The van der Waals surface area contributed by atoms with Gasteiger partial charge in [-0.1, -0.05) is 25.4 Å². The van der Waals surface area contributed by atoms with E-state index in [9.17, 15) is 14.9 Å². The normalized spacial score (nSPS) is 20.2. The molecule has 32 heavy (non-hydrogen) atoms. The molecule has 0 bridgehead atoms. The molecule has 1 aromatic carbocycles. The van der Waals surface area contributed by atoms with E-state index in [1.165, 1.54) is 5.01 Å². The summed E-state index contributed by atoms with van der Waals surface area (Å²) in [6.45, 7) is 5.77. The molecule has 0 spiro atoms. The summed E-state index contributed by atoms with van der Waals surface area (Å²) in [6.07, 6.45) is 0.810. The molecule has 2 aromatic rings. The standard InChI is InChI=1S/C24H23ClN4O3/c1-13-4-9-19(32-13)20-16(12-26)22(27)29(17-10-24(2,3)11-18(30)21(17)20)28-23(31)14-5-7-15(25)8-6-14/h4-9,20H,10-11,27H2,1-3H3,(H,28,31). The van der Waals surface area contributed by atoms with Crippen LogP contribution >= 0.6 is 11.6 Å². The molecule has 0 radical (unpaired) electrons. The molecule has 164 valence electrons. The van der Waals surface area contributed by atoms with Crippen LogP contribution in [-0.2, 0) is 4.79 Å². The second-order valence-electron chi connectivity index (χ2n) is 8.88. The third-order valence-corrected chi connectivity index (χ3v) is 6.00. The second kappa shape index (κ2) is 7.88. The highest BCUT2D eigenvalue weighted by Crippen LogP contribution is 2.48. The summed E-state index contributed by atoms with van der Waals surface area (Å²) >= 11 is 5.92. The Hall–Kier alpha value is -3.50. The largest absolute Gasteiger partial charge is 0.465 e. The first-order valence-corrected chi connectivity index (χ1v) is 10.6. The first-order valence-electron chi connectivity index (χ1n) is 10.2. The van der Waals surface area contributed by atoms with Crippen LogP contribution in [0.2, 0.25) is 5.02 Å². The minimum Gasteiger partial charge on any atom is -0.465 e. The number of rotatable bonds is 3. The van der Waals surface area contributed by atoms with Crippen LogP contribution < -0.4 is 11.2 Å². The number of carbonyl (C=O) groups is 2. The average Bonchev–Trinajstić information content (AvgIpc) is 3.15. The number of amides is 1. The van der Waals surface area contributed by atoms with E-state index >= 15 is 0 Å². The lowest BCUT2D eigenvalue weighted by Crippen LogP contribution is -2.49. The van der Waals surface area contributed by atoms with E-state index in [0.29, 0.717) is 46.2 Å². The fraction of sp³-hybridized carbons (Fsp3) is 0.292. The van der Waals surface area contributed by atoms with E-state index in [4.69, 9.17) is 21.8 Å². The number of nitrogens with zero attached hydrogens (tertiary/aromatic N) is 2. The number of hydrogen-bond acceptors (Lipinski definition) is 6. The van der Waals surface area contributed by atoms with Crippen LogP contribution in [0, 0.1) is 23.7 Å². The lowest BCUT2D eigenvalue weighted by atomic mass is 9.70. The zero-order chi connectivity index (χ0) is 23.2. The lowest BCUT2D eigenvalue weighted by Gasteiger charge is -2.42. The van der Waals surface area contributed by atoms with Crippen molar-refractivity contribution in [2.45, 2.75) is 39.5 Å². The number of Topliss-reactive ketones (excluding diaryl/α,β-unsaturated/α-hetero) is 1. The van der Waals surface area contributed by atoms with E-state index in [0.717, 1.165) is 0 Å². The highest BCUT2D eigenvalue weighted by atomic mass is 35.5. The van der Waals surface area contributed by atoms with Gasteiger partial charge in [0, 0.05) is 22.6 Å². The van der Waals surface area contributed by atoms with Crippen molar-refractivity contribution in [3.05, 3.63) is 81.2 Å². The van der Waals surface area contributed by atoms with Crippen molar-refractivity contribution in [1.29, 1.82) is 5.26 Å². The number of nitrogens with two attached hydrogens (primary N) is 1. The molecule has 0 saturated carbocycles. The first kappa shape index (κ1) is 21.7. The number of aryl methyl sites for hydroxylation is 1. The van der Waals surface area contributed by atoms with Crippen molar-refractivity contribution in [1.82, 2.24) is 10.4 Å².